The number of hydrogen-bond acceptors (Lipinski definition) is 4. The van der Waals surface area contributed by atoms with E-state index in [9.17, 15) is 0 Å². The topological polar surface area (TPSA) is 56.5 Å². The van der Waals surface area contributed by atoms with Crippen LogP contribution in [0, 0.1) is 0 Å². The summed E-state index contributed by atoms with van der Waals surface area (Å²) in [6.45, 7) is 5.45. The Labute approximate surface area is 108 Å². The van der Waals surface area contributed by atoms with E-state index in [1.54, 1.807) is 0 Å². The highest BCUT2D eigenvalue weighted by atomic mass is 16.5. The van der Waals surface area contributed by atoms with E-state index in [2.05, 4.69) is 5.32 Å². The van der Waals surface area contributed by atoms with E-state index in [0.717, 1.165) is 36.6 Å². The van der Waals surface area contributed by atoms with Crippen molar-refractivity contribution >= 4 is 11.4 Å². The van der Waals surface area contributed by atoms with Crippen molar-refractivity contribution in [3.05, 3.63) is 18.2 Å². The summed E-state index contributed by atoms with van der Waals surface area (Å²) in [6, 6.07) is 6.26. The first-order valence-electron chi connectivity index (χ1n) is 6.62. The summed E-state index contributed by atoms with van der Waals surface area (Å²) in [5.74, 6) is 0.820. The van der Waals surface area contributed by atoms with Crippen LogP contribution in [0.25, 0.3) is 0 Å². The minimum Gasteiger partial charge on any atom is -0.494 e. The average Bonchev–Trinajstić information content (AvgIpc) is 2.26. The van der Waals surface area contributed by atoms with Crippen LogP contribution < -0.4 is 15.8 Å². The van der Waals surface area contributed by atoms with Gasteiger partial charge in [-0.2, -0.15) is 0 Å². The molecule has 1 aromatic rings. The van der Waals surface area contributed by atoms with Gasteiger partial charge in [0, 0.05) is 36.2 Å². The molecular formula is C14H22N2O2. The van der Waals surface area contributed by atoms with Crippen molar-refractivity contribution in [1.29, 1.82) is 0 Å². The lowest BCUT2D eigenvalue weighted by molar-refractivity contribution is 0.00299. The maximum absolute atomic E-state index is 5.86. The van der Waals surface area contributed by atoms with Crippen LogP contribution in [0.3, 0.4) is 0 Å². The molecule has 18 heavy (non-hydrogen) atoms. The highest BCUT2D eigenvalue weighted by Crippen LogP contribution is 2.29. The summed E-state index contributed by atoms with van der Waals surface area (Å²) in [6.07, 6.45) is 2.54. The second-order valence-electron chi connectivity index (χ2n) is 4.61. The lowest BCUT2D eigenvalue weighted by atomic mass is 9.89. The third kappa shape index (κ3) is 3.29. The fourth-order valence-corrected chi connectivity index (χ4v) is 2.25. The van der Waals surface area contributed by atoms with Crippen molar-refractivity contribution in [3.63, 3.8) is 0 Å². The van der Waals surface area contributed by atoms with Gasteiger partial charge in [-0.1, -0.05) is 0 Å². The van der Waals surface area contributed by atoms with Gasteiger partial charge < -0.3 is 20.5 Å². The zero-order valence-electron chi connectivity index (χ0n) is 11.1. The van der Waals surface area contributed by atoms with E-state index < -0.39 is 0 Å². The molecule has 1 saturated carbocycles. The third-order valence-electron chi connectivity index (χ3n) is 3.11. The van der Waals surface area contributed by atoms with Crippen molar-refractivity contribution in [2.24, 2.45) is 0 Å². The molecule has 100 valence electrons. The van der Waals surface area contributed by atoms with Gasteiger partial charge in [-0.05, 0) is 32.8 Å². The normalized spacial score (nSPS) is 22.3. The van der Waals surface area contributed by atoms with Gasteiger partial charge in [-0.25, -0.2) is 0 Å². The SMILES string of the molecule is CCOc1cc(N)cc(NC2CC(OCC)C2)c1. The Morgan fingerprint density at radius 1 is 1.22 bits per heavy atom. The standard InChI is InChI=1S/C14H22N2O2/c1-3-17-13-6-10(15)5-11(7-13)16-12-8-14(9-12)18-4-2/h5-7,12,14,16H,3-4,8-9,15H2,1-2H3. The third-order valence-corrected chi connectivity index (χ3v) is 3.11. The highest BCUT2D eigenvalue weighted by molar-refractivity contribution is 5.59. The predicted molar refractivity (Wildman–Crippen MR) is 74.1 cm³/mol. The molecule has 3 N–H and O–H groups in total. The fraction of sp³-hybridized carbons (Fsp3) is 0.571. The second-order valence-corrected chi connectivity index (χ2v) is 4.61. The number of nitrogen functional groups attached to an aromatic ring is 1. The van der Waals surface area contributed by atoms with Crippen LogP contribution in [0.2, 0.25) is 0 Å². The lowest BCUT2D eigenvalue weighted by Gasteiger charge is -2.36. The molecule has 0 amide bonds. The molecule has 1 aromatic carbocycles. The summed E-state index contributed by atoms with van der Waals surface area (Å²) in [4.78, 5) is 0. The lowest BCUT2D eigenvalue weighted by Crippen LogP contribution is -2.40. The quantitative estimate of drug-likeness (QED) is 0.762. The molecule has 0 saturated heterocycles. The molecule has 1 aliphatic rings. The molecule has 0 bridgehead atoms. The second kappa shape index (κ2) is 5.96. The molecule has 0 aromatic heterocycles. The van der Waals surface area contributed by atoms with Gasteiger partial charge in [0.25, 0.3) is 0 Å². The number of rotatable bonds is 6. The van der Waals surface area contributed by atoms with Crippen molar-refractivity contribution in [2.75, 3.05) is 24.3 Å². The number of ether oxygens (including phenoxy) is 2. The van der Waals surface area contributed by atoms with E-state index in [0.29, 0.717) is 18.8 Å². The van der Waals surface area contributed by atoms with Crippen LogP contribution in [-0.2, 0) is 4.74 Å². The zero-order valence-corrected chi connectivity index (χ0v) is 11.1. The van der Waals surface area contributed by atoms with E-state index in [1.165, 1.54) is 0 Å². The first kappa shape index (κ1) is 13.0. The maximum Gasteiger partial charge on any atom is 0.123 e. The van der Waals surface area contributed by atoms with E-state index in [1.807, 2.05) is 32.0 Å². The van der Waals surface area contributed by atoms with Gasteiger partial charge in [0.1, 0.15) is 5.75 Å². The van der Waals surface area contributed by atoms with Crippen molar-refractivity contribution < 1.29 is 9.47 Å². The number of nitrogens with one attached hydrogen (secondary N) is 1. The monoisotopic (exact) mass is 250 g/mol. The fourth-order valence-electron chi connectivity index (χ4n) is 2.25. The molecule has 0 heterocycles. The molecule has 0 spiro atoms. The minimum atomic E-state index is 0.417. The van der Waals surface area contributed by atoms with Crippen LogP contribution in [0.1, 0.15) is 26.7 Å². The first-order valence-corrected chi connectivity index (χ1v) is 6.62. The Kier molecular flexibility index (Phi) is 4.31. The van der Waals surface area contributed by atoms with Gasteiger partial charge in [-0.15, -0.1) is 0 Å². The average molecular weight is 250 g/mol. The van der Waals surface area contributed by atoms with Gasteiger partial charge >= 0.3 is 0 Å². The van der Waals surface area contributed by atoms with E-state index in [-0.39, 0.29) is 0 Å². The van der Waals surface area contributed by atoms with Gasteiger partial charge in [0.15, 0.2) is 0 Å². The molecule has 2 rings (SSSR count). The maximum atomic E-state index is 5.86. The van der Waals surface area contributed by atoms with Crippen LogP contribution >= 0.6 is 0 Å². The van der Waals surface area contributed by atoms with E-state index in [4.69, 9.17) is 15.2 Å². The van der Waals surface area contributed by atoms with Crippen LogP contribution in [0.4, 0.5) is 11.4 Å². The zero-order chi connectivity index (χ0) is 13.0. The molecular weight excluding hydrogens is 228 g/mol. The molecule has 4 heteroatoms. The van der Waals surface area contributed by atoms with Crippen LogP contribution in [-0.4, -0.2) is 25.4 Å². The smallest absolute Gasteiger partial charge is 0.123 e. The largest absolute Gasteiger partial charge is 0.494 e. The van der Waals surface area contributed by atoms with Gasteiger partial charge in [0.05, 0.1) is 12.7 Å². The number of hydrogen-bond donors (Lipinski definition) is 2. The Morgan fingerprint density at radius 2 is 2.00 bits per heavy atom. The Balaban J connectivity index is 1.90. The molecule has 1 aliphatic carbocycles. The Hall–Kier alpha value is -1.42. The molecule has 1 fully saturated rings. The Bertz CT molecular complexity index is 389. The summed E-state index contributed by atoms with van der Waals surface area (Å²) >= 11 is 0. The summed E-state index contributed by atoms with van der Waals surface area (Å²) < 4.78 is 11.0. The predicted octanol–water partition coefficient (Wildman–Crippen LogP) is 2.65. The number of nitrogens with two attached hydrogens (primary N) is 1. The van der Waals surface area contributed by atoms with Crippen molar-refractivity contribution in [3.8, 4) is 5.75 Å². The molecule has 0 unspecified atom stereocenters. The summed E-state index contributed by atoms with van der Waals surface area (Å²) in [7, 11) is 0. The molecule has 0 aliphatic heterocycles. The number of anilines is 2. The van der Waals surface area contributed by atoms with Gasteiger partial charge in [0.2, 0.25) is 0 Å². The van der Waals surface area contributed by atoms with Crippen LogP contribution in [0.5, 0.6) is 5.75 Å². The molecule has 4 nitrogen and oxygen atoms in total. The van der Waals surface area contributed by atoms with E-state index >= 15 is 0 Å². The van der Waals surface area contributed by atoms with Crippen molar-refractivity contribution in [2.45, 2.75) is 38.8 Å². The van der Waals surface area contributed by atoms with Gasteiger partial charge in [-0.3, -0.25) is 0 Å². The molecule has 0 radical (unpaired) electrons. The Morgan fingerprint density at radius 3 is 2.67 bits per heavy atom. The summed E-state index contributed by atoms with van der Waals surface area (Å²) in [5, 5.41) is 3.47. The summed E-state index contributed by atoms with van der Waals surface area (Å²) in [5.41, 5.74) is 7.61. The molecule has 0 atom stereocenters. The highest BCUT2D eigenvalue weighted by Gasteiger charge is 2.29. The van der Waals surface area contributed by atoms with Crippen LogP contribution in [0.15, 0.2) is 18.2 Å². The minimum absolute atomic E-state index is 0.417. The van der Waals surface area contributed by atoms with Crippen molar-refractivity contribution in [1.82, 2.24) is 0 Å². The first-order chi connectivity index (χ1) is 8.71. The number of benzene rings is 1.